The molecule has 4 heteroatoms. The predicted molar refractivity (Wildman–Crippen MR) is 66.9 cm³/mol. The Bertz CT molecular complexity index is 502. The first-order valence-electron chi connectivity index (χ1n) is 6.60. The number of nitrogens with one attached hydrogen (secondary N) is 1. The van der Waals surface area contributed by atoms with Gasteiger partial charge >= 0.3 is 0 Å². The average Bonchev–Trinajstić information content (AvgIpc) is 2.87. The van der Waals surface area contributed by atoms with Crippen molar-refractivity contribution in [3.63, 3.8) is 0 Å². The number of carbonyl (C=O) groups is 2. The van der Waals surface area contributed by atoms with E-state index in [0.29, 0.717) is 23.7 Å². The molecule has 4 rings (SSSR count). The quantitative estimate of drug-likeness (QED) is 0.603. The summed E-state index contributed by atoms with van der Waals surface area (Å²) in [5.74, 6) is 1.78. The fourth-order valence-corrected chi connectivity index (χ4v) is 6.24. The molecule has 2 bridgehead atoms. The van der Waals surface area contributed by atoms with E-state index in [4.69, 9.17) is 11.6 Å². The van der Waals surface area contributed by atoms with Gasteiger partial charge in [0.1, 0.15) is 5.78 Å². The molecule has 7 unspecified atom stereocenters. The van der Waals surface area contributed by atoms with Crippen molar-refractivity contribution < 1.29 is 9.59 Å². The van der Waals surface area contributed by atoms with E-state index in [0.717, 1.165) is 12.0 Å². The second kappa shape index (κ2) is 3.01. The summed E-state index contributed by atoms with van der Waals surface area (Å²) in [4.78, 5) is 25.0. The Morgan fingerprint density at radius 1 is 1.61 bits per heavy atom. The van der Waals surface area contributed by atoms with Crippen molar-refractivity contribution in [3.05, 3.63) is 12.2 Å². The van der Waals surface area contributed by atoms with Gasteiger partial charge in [0.2, 0.25) is 5.91 Å². The summed E-state index contributed by atoms with van der Waals surface area (Å²) in [5, 5.41) is 2.73. The number of amides is 1. The molecule has 0 aromatic rings. The normalized spacial score (nSPS) is 54.8. The Morgan fingerprint density at radius 3 is 2.94 bits per heavy atom. The van der Waals surface area contributed by atoms with Gasteiger partial charge in [0.25, 0.3) is 0 Å². The van der Waals surface area contributed by atoms with E-state index < -0.39 is 5.41 Å². The van der Waals surface area contributed by atoms with Gasteiger partial charge in [0, 0.05) is 18.8 Å². The molecule has 4 saturated carbocycles. The molecule has 0 spiro atoms. The number of alkyl halides is 1. The number of halogens is 1. The molecule has 7 atom stereocenters. The number of hydrogen-bond donors (Lipinski definition) is 1. The van der Waals surface area contributed by atoms with Gasteiger partial charge < -0.3 is 5.32 Å². The molecule has 3 nitrogen and oxygen atoms in total. The Balaban J connectivity index is 1.91. The van der Waals surface area contributed by atoms with E-state index >= 15 is 0 Å². The van der Waals surface area contributed by atoms with Crippen LogP contribution in [0.1, 0.15) is 6.42 Å². The standard InChI is InChI=1S/C14H16ClNO2/c1-5-8-6-3-7-10(8)9(5)12(17)14(7,4-15)11(6)13(18)16-2/h6-11H,1,3-4H2,2H3,(H,16,18). The molecule has 0 aliphatic heterocycles. The van der Waals surface area contributed by atoms with Crippen molar-refractivity contribution >= 4 is 23.3 Å². The first-order valence-corrected chi connectivity index (χ1v) is 7.13. The molecule has 96 valence electrons. The molecule has 0 saturated heterocycles. The zero-order valence-corrected chi connectivity index (χ0v) is 11.0. The summed E-state index contributed by atoms with van der Waals surface area (Å²) in [6.45, 7) is 4.10. The number of hydrogen-bond acceptors (Lipinski definition) is 2. The highest BCUT2D eigenvalue weighted by Gasteiger charge is 2.81. The van der Waals surface area contributed by atoms with Gasteiger partial charge in [-0.25, -0.2) is 0 Å². The smallest absolute Gasteiger partial charge is 0.224 e. The number of rotatable bonds is 2. The van der Waals surface area contributed by atoms with E-state index in [9.17, 15) is 9.59 Å². The lowest BCUT2D eigenvalue weighted by Gasteiger charge is -2.46. The van der Waals surface area contributed by atoms with Gasteiger partial charge in [-0.3, -0.25) is 9.59 Å². The Morgan fingerprint density at radius 2 is 2.33 bits per heavy atom. The first kappa shape index (κ1) is 11.0. The molecule has 1 N–H and O–H groups in total. The van der Waals surface area contributed by atoms with Gasteiger partial charge in [-0.15, -0.1) is 11.6 Å². The third-order valence-corrected chi connectivity index (χ3v) is 6.66. The number of allylic oxidation sites excluding steroid dienone is 1. The highest BCUT2D eigenvalue weighted by molar-refractivity contribution is 6.21. The van der Waals surface area contributed by atoms with Crippen LogP contribution in [0.4, 0.5) is 0 Å². The van der Waals surface area contributed by atoms with Crippen LogP contribution in [0.2, 0.25) is 0 Å². The molecule has 4 aliphatic carbocycles. The van der Waals surface area contributed by atoms with Gasteiger partial charge in [-0.05, 0) is 30.1 Å². The van der Waals surface area contributed by atoms with Crippen LogP contribution >= 0.6 is 11.6 Å². The van der Waals surface area contributed by atoms with Crippen LogP contribution in [0.25, 0.3) is 0 Å². The largest absolute Gasteiger partial charge is 0.359 e. The molecule has 18 heavy (non-hydrogen) atoms. The van der Waals surface area contributed by atoms with Crippen LogP contribution in [0, 0.1) is 40.9 Å². The summed E-state index contributed by atoms with van der Waals surface area (Å²) < 4.78 is 0. The van der Waals surface area contributed by atoms with Gasteiger partial charge in [-0.2, -0.15) is 0 Å². The van der Waals surface area contributed by atoms with Crippen LogP contribution < -0.4 is 5.32 Å². The van der Waals surface area contributed by atoms with E-state index in [2.05, 4.69) is 11.9 Å². The van der Waals surface area contributed by atoms with Gasteiger partial charge in [0.15, 0.2) is 0 Å². The van der Waals surface area contributed by atoms with E-state index in [1.54, 1.807) is 7.05 Å². The third kappa shape index (κ3) is 0.788. The molecule has 0 radical (unpaired) electrons. The molecular formula is C14H16ClNO2. The van der Waals surface area contributed by atoms with Crippen molar-refractivity contribution in [2.75, 3.05) is 12.9 Å². The van der Waals surface area contributed by atoms with Crippen molar-refractivity contribution in [1.82, 2.24) is 5.32 Å². The fourth-order valence-electron chi connectivity index (χ4n) is 5.74. The van der Waals surface area contributed by atoms with Gasteiger partial charge in [-0.1, -0.05) is 12.2 Å². The zero-order valence-electron chi connectivity index (χ0n) is 10.3. The third-order valence-electron chi connectivity index (χ3n) is 6.22. The van der Waals surface area contributed by atoms with E-state index in [1.165, 1.54) is 0 Å². The minimum Gasteiger partial charge on any atom is -0.359 e. The van der Waals surface area contributed by atoms with E-state index in [-0.39, 0.29) is 29.4 Å². The van der Waals surface area contributed by atoms with Crippen LogP contribution in [0.3, 0.4) is 0 Å². The van der Waals surface area contributed by atoms with Crippen molar-refractivity contribution in [2.45, 2.75) is 6.42 Å². The van der Waals surface area contributed by atoms with Crippen molar-refractivity contribution in [3.8, 4) is 0 Å². The van der Waals surface area contributed by atoms with Crippen LogP contribution in [0.15, 0.2) is 12.2 Å². The molecule has 4 aliphatic rings. The molecule has 0 aromatic heterocycles. The summed E-state index contributed by atoms with van der Waals surface area (Å²) in [6, 6.07) is 0. The Kier molecular flexibility index (Phi) is 1.84. The van der Waals surface area contributed by atoms with Crippen LogP contribution in [-0.2, 0) is 9.59 Å². The number of fused-ring (bicyclic) bond motifs is 2. The molecule has 1 amide bonds. The lowest BCUT2D eigenvalue weighted by atomic mass is 9.57. The maximum absolute atomic E-state index is 12.7. The maximum atomic E-state index is 12.7. The lowest BCUT2D eigenvalue weighted by molar-refractivity contribution is -0.138. The fraction of sp³-hybridized carbons (Fsp3) is 0.714. The number of ketones is 1. The zero-order chi connectivity index (χ0) is 12.8. The van der Waals surface area contributed by atoms with E-state index in [1.807, 2.05) is 0 Å². The molecule has 0 heterocycles. The second-order valence-corrected chi connectivity index (χ2v) is 6.56. The van der Waals surface area contributed by atoms with Crippen molar-refractivity contribution in [2.24, 2.45) is 40.9 Å². The highest BCUT2D eigenvalue weighted by atomic mass is 35.5. The Hall–Kier alpha value is -0.830. The lowest BCUT2D eigenvalue weighted by Crippen LogP contribution is -2.50. The average molecular weight is 266 g/mol. The molecule has 0 aromatic carbocycles. The second-order valence-electron chi connectivity index (χ2n) is 6.29. The minimum atomic E-state index is -0.586. The van der Waals surface area contributed by atoms with Crippen molar-refractivity contribution in [1.29, 1.82) is 0 Å². The van der Waals surface area contributed by atoms with Gasteiger partial charge in [0.05, 0.1) is 11.3 Å². The molecule has 4 fully saturated rings. The maximum Gasteiger partial charge on any atom is 0.224 e. The first-order chi connectivity index (χ1) is 8.59. The Labute approximate surface area is 111 Å². The summed E-state index contributed by atoms with van der Waals surface area (Å²) >= 11 is 6.18. The summed E-state index contributed by atoms with van der Waals surface area (Å²) in [6.07, 6.45) is 0.988. The summed E-state index contributed by atoms with van der Waals surface area (Å²) in [7, 11) is 1.65. The predicted octanol–water partition coefficient (Wildman–Crippen LogP) is 1.22. The van der Waals surface area contributed by atoms with Crippen LogP contribution in [-0.4, -0.2) is 24.6 Å². The monoisotopic (exact) mass is 265 g/mol. The SMILES string of the molecule is C=C1C2C(=O)C3(CCl)C4CC(C1C24)C3C(=O)NC. The minimum absolute atomic E-state index is 0.00435. The number of Topliss-reactive ketones (excluding diaryl/α,β-unsaturated/α-hetero) is 1. The highest BCUT2D eigenvalue weighted by Crippen LogP contribution is 2.79. The molecular weight excluding hydrogens is 250 g/mol. The number of carbonyl (C=O) groups excluding carboxylic acids is 2. The topological polar surface area (TPSA) is 46.2 Å². The summed E-state index contributed by atoms with van der Waals surface area (Å²) in [5.41, 5.74) is 0.494. The van der Waals surface area contributed by atoms with Crippen LogP contribution in [0.5, 0.6) is 0 Å².